The fourth-order valence-corrected chi connectivity index (χ4v) is 1.71. The molecule has 1 aromatic carbocycles. The fraction of sp³-hybridized carbons (Fsp3) is 0.500. The van der Waals surface area contributed by atoms with Crippen LogP contribution in [0.3, 0.4) is 0 Å². The monoisotopic (exact) mass is 233 g/mol. The van der Waals surface area contributed by atoms with E-state index >= 15 is 0 Å². The Morgan fingerprint density at radius 2 is 2.18 bits per heavy atom. The number of carbonyl (C=O) groups is 1. The highest BCUT2D eigenvalue weighted by Crippen LogP contribution is 2.27. The average Bonchev–Trinajstić information content (AvgIpc) is 3.18. The van der Waals surface area contributed by atoms with Gasteiger partial charge in [-0.1, -0.05) is 25.1 Å². The quantitative estimate of drug-likeness (QED) is 0.817. The molecule has 3 nitrogen and oxygen atoms in total. The highest BCUT2D eigenvalue weighted by molar-refractivity contribution is 5.77. The maximum Gasteiger partial charge on any atom is 0.257 e. The standard InChI is InChI=1S/C14H19NO2/c1-2-12-5-3-4-6-13(12)17-10-14(16)15-9-11-7-8-11/h3-6,11H,2,7-10H2,1H3,(H,15,16). The molecule has 92 valence electrons. The van der Waals surface area contributed by atoms with E-state index in [1.54, 1.807) is 0 Å². The lowest BCUT2D eigenvalue weighted by Crippen LogP contribution is -2.30. The molecule has 1 N–H and O–H groups in total. The van der Waals surface area contributed by atoms with Crippen LogP contribution in [0.15, 0.2) is 24.3 Å². The van der Waals surface area contributed by atoms with Crippen molar-refractivity contribution in [1.82, 2.24) is 5.32 Å². The third-order valence-corrected chi connectivity index (χ3v) is 3.00. The van der Waals surface area contributed by atoms with E-state index in [-0.39, 0.29) is 12.5 Å². The van der Waals surface area contributed by atoms with E-state index in [9.17, 15) is 4.79 Å². The van der Waals surface area contributed by atoms with Gasteiger partial charge in [-0.25, -0.2) is 0 Å². The summed E-state index contributed by atoms with van der Waals surface area (Å²) in [6.07, 6.45) is 3.42. The SMILES string of the molecule is CCc1ccccc1OCC(=O)NCC1CC1. The molecule has 0 aromatic heterocycles. The molecule has 1 saturated carbocycles. The average molecular weight is 233 g/mol. The molecule has 1 fully saturated rings. The summed E-state index contributed by atoms with van der Waals surface area (Å²) in [5.41, 5.74) is 1.14. The van der Waals surface area contributed by atoms with Crippen LogP contribution in [0.25, 0.3) is 0 Å². The van der Waals surface area contributed by atoms with Gasteiger partial charge in [-0.3, -0.25) is 4.79 Å². The number of ether oxygens (including phenoxy) is 1. The molecule has 1 aromatic rings. The molecule has 0 spiro atoms. The summed E-state index contributed by atoms with van der Waals surface area (Å²) in [5, 5.41) is 2.89. The second kappa shape index (κ2) is 5.71. The summed E-state index contributed by atoms with van der Waals surface area (Å²) in [5.74, 6) is 1.50. The molecule has 0 heterocycles. The Morgan fingerprint density at radius 1 is 1.41 bits per heavy atom. The van der Waals surface area contributed by atoms with E-state index in [4.69, 9.17) is 4.74 Å². The van der Waals surface area contributed by atoms with Crippen LogP contribution in [0.4, 0.5) is 0 Å². The second-order valence-corrected chi connectivity index (χ2v) is 4.50. The fourth-order valence-electron chi connectivity index (χ4n) is 1.71. The van der Waals surface area contributed by atoms with Gasteiger partial charge >= 0.3 is 0 Å². The molecule has 0 bridgehead atoms. The number of carbonyl (C=O) groups excluding carboxylic acids is 1. The Balaban J connectivity index is 1.77. The second-order valence-electron chi connectivity index (χ2n) is 4.50. The maximum absolute atomic E-state index is 11.5. The van der Waals surface area contributed by atoms with Gasteiger partial charge in [0.1, 0.15) is 5.75 Å². The maximum atomic E-state index is 11.5. The molecular weight excluding hydrogens is 214 g/mol. The first-order chi connectivity index (χ1) is 8.29. The van der Waals surface area contributed by atoms with Gasteiger partial charge in [-0.05, 0) is 36.8 Å². The van der Waals surface area contributed by atoms with Crippen LogP contribution in [-0.4, -0.2) is 19.1 Å². The number of rotatable bonds is 6. The zero-order valence-electron chi connectivity index (χ0n) is 10.2. The number of para-hydroxylation sites is 1. The lowest BCUT2D eigenvalue weighted by atomic mass is 10.1. The van der Waals surface area contributed by atoms with Crippen molar-refractivity contribution in [3.63, 3.8) is 0 Å². The summed E-state index contributed by atoms with van der Waals surface area (Å²) in [7, 11) is 0. The lowest BCUT2D eigenvalue weighted by molar-refractivity contribution is -0.123. The van der Waals surface area contributed by atoms with Gasteiger partial charge in [0.05, 0.1) is 0 Å². The van der Waals surface area contributed by atoms with Crippen molar-refractivity contribution in [2.24, 2.45) is 5.92 Å². The molecule has 1 aliphatic rings. The number of hydrogen-bond acceptors (Lipinski definition) is 2. The van der Waals surface area contributed by atoms with Crippen LogP contribution in [0.1, 0.15) is 25.3 Å². The molecule has 1 aliphatic carbocycles. The van der Waals surface area contributed by atoms with Gasteiger partial charge in [0.15, 0.2) is 6.61 Å². The molecule has 0 radical (unpaired) electrons. The summed E-state index contributed by atoms with van der Waals surface area (Å²) in [6, 6.07) is 7.85. The van der Waals surface area contributed by atoms with E-state index in [1.165, 1.54) is 12.8 Å². The number of aryl methyl sites for hydroxylation is 1. The lowest BCUT2D eigenvalue weighted by Gasteiger charge is -2.10. The number of benzene rings is 1. The van der Waals surface area contributed by atoms with Crippen LogP contribution in [-0.2, 0) is 11.2 Å². The molecule has 1 amide bonds. The van der Waals surface area contributed by atoms with Crippen molar-refractivity contribution in [1.29, 1.82) is 0 Å². The Bertz CT molecular complexity index is 386. The molecule has 2 rings (SSSR count). The molecule has 0 aliphatic heterocycles. The normalized spacial score (nSPS) is 14.4. The minimum Gasteiger partial charge on any atom is -0.483 e. The molecule has 3 heteroatoms. The highest BCUT2D eigenvalue weighted by atomic mass is 16.5. The van der Waals surface area contributed by atoms with Crippen LogP contribution >= 0.6 is 0 Å². The first kappa shape index (κ1) is 12.0. The Morgan fingerprint density at radius 3 is 2.88 bits per heavy atom. The summed E-state index contributed by atoms with van der Waals surface area (Å²) < 4.78 is 5.53. The Labute approximate surface area is 102 Å². The van der Waals surface area contributed by atoms with Gasteiger partial charge in [0, 0.05) is 6.54 Å². The smallest absolute Gasteiger partial charge is 0.257 e. The molecule has 0 unspecified atom stereocenters. The van der Waals surface area contributed by atoms with Crippen LogP contribution < -0.4 is 10.1 Å². The van der Waals surface area contributed by atoms with Gasteiger partial charge < -0.3 is 10.1 Å². The predicted octanol–water partition coefficient (Wildman–Crippen LogP) is 2.15. The number of nitrogens with one attached hydrogen (secondary N) is 1. The van der Waals surface area contributed by atoms with Gasteiger partial charge in [0.25, 0.3) is 5.91 Å². The first-order valence-electron chi connectivity index (χ1n) is 6.27. The highest BCUT2D eigenvalue weighted by Gasteiger charge is 2.21. The van der Waals surface area contributed by atoms with Crippen molar-refractivity contribution < 1.29 is 9.53 Å². The van der Waals surface area contributed by atoms with E-state index in [1.807, 2.05) is 24.3 Å². The number of amides is 1. The third-order valence-electron chi connectivity index (χ3n) is 3.00. The zero-order chi connectivity index (χ0) is 12.1. The number of hydrogen-bond donors (Lipinski definition) is 1. The molecule has 0 atom stereocenters. The summed E-state index contributed by atoms with van der Waals surface area (Å²) in [6.45, 7) is 3.00. The zero-order valence-corrected chi connectivity index (χ0v) is 10.2. The first-order valence-corrected chi connectivity index (χ1v) is 6.27. The van der Waals surface area contributed by atoms with E-state index in [0.29, 0.717) is 5.92 Å². The van der Waals surface area contributed by atoms with Crippen LogP contribution in [0.2, 0.25) is 0 Å². The topological polar surface area (TPSA) is 38.3 Å². The van der Waals surface area contributed by atoms with Crippen molar-refractivity contribution in [2.75, 3.05) is 13.2 Å². The van der Waals surface area contributed by atoms with E-state index in [0.717, 1.165) is 24.3 Å². The summed E-state index contributed by atoms with van der Waals surface area (Å²) in [4.78, 5) is 11.5. The Kier molecular flexibility index (Phi) is 4.02. The van der Waals surface area contributed by atoms with E-state index in [2.05, 4.69) is 12.2 Å². The van der Waals surface area contributed by atoms with Crippen molar-refractivity contribution in [3.05, 3.63) is 29.8 Å². The molecular formula is C14H19NO2. The van der Waals surface area contributed by atoms with Crippen molar-refractivity contribution in [3.8, 4) is 5.75 Å². The molecule has 0 saturated heterocycles. The van der Waals surface area contributed by atoms with Gasteiger partial charge in [0.2, 0.25) is 0 Å². The largest absolute Gasteiger partial charge is 0.483 e. The minimum atomic E-state index is -0.0252. The van der Waals surface area contributed by atoms with Crippen molar-refractivity contribution >= 4 is 5.91 Å². The minimum absolute atomic E-state index is 0.0252. The van der Waals surface area contributed by atoms with Crippen LogP contribution in [0, 0.1) is 5.92 Å². The predicted molar refractivity (Wildman–Crippen MR) is 67.0 cm³/mol. The summed E-state index contributed by atoms with van der Waals surface area (Å²) >= 11 is 0. The van der Waals surface area contributed by atoms with E-state index < -0.39 is 0 Å². The molecule has 17 heavy (non-hydrogen) atoms. The van der Waals surface area contributed by atoms with Crippen molar-refractivity contribution in [2.45, 2.75) is 26.2 Å². The van der Waals surface area contributed by atoms with Gasteiger partial charge in [-0.2, -0.15) is 0 Å². The van der Waals surface area contributed by atoms with Crippen LogP contribution in [0.5, 0.6) is 5.75 Å². The van der Waals surface area contributed by atoms with Gasteiger partial charge in [-0.15, -0.1) is 0 Å². The Hall–Kier alpha value is -1.51. The third kappa shape index (κ3) is 3.77.